The molecule has 0 bridgehead atoms. The van der Waals surface area contributed by atoms with Gasteiger partial charge in [0.1, 0.15) is 6.10 Å². The number of carbonyl (C=O) groups is 2. The second-order valence-electron chi connectivity index (χ2n) is 7.09. The molecule has 3 aliphatic heterocycles. The molecule has 3 saturated heterocycles. The lowest BCUT2D eigenvalue weighted by atomic mass is 10.1. The van der Waals surface area contributed by atoms with Gasteiger partial charge in [-0.15, -0.1) is 0 Å². The minimum absolute atomic E-state index is 0.0153. The molecule has 150 valence electrons. The molecule has 1 aromatic carbocycles. The highest BCUT2D eigenvalue weighted by Crippen LogP contribution is 2.43. The van der Waals surface area contributed by atoms with Gasteiger partial charge in [-0.2, -0.15) is 0 Å². The summed E-state index contributed by atoms with van der Waals surface area (Å²) in [5.41, 5.74) is 0.606. The zero-order valence-electron chi connectivity index (χ0n) is 15.5. The van der Waals surface area contributed by atoms with E-state index in [0.29, 0.717) is 5.56 Å². The van der Waals surface area contributed by atoms with E-state index in [2.05, 4.69) is 0 Å². The van der Waals surface area contributed by atoms with Crippen molar-refractivity contribution in [2.75, 3.05) is 7.11 Å². The number of hydrogen-bond donors (Lipinski definition) is 1. The van der Waals surface area contributed by atoms with E-state index in [1.54, 1.807) is 26.0 Å². The van der Waals surface area contributed by atoms with Gasteiger partial charge in [-0.1, -0.05) is 6.07 Å². The summed E-state index contributed by atoms with van der Waals surface area (Å²) in [5, 5.41) is 9.59. The van der Waals surface area contributed by atoms with E-state index in [4.69, 9.17) is 28.4 Å². The predicted octanol–water partition coefficient (Wildman–Crippen LogP) is 1.13. The summed E-state index contributed by atoms with van der Waals surface area (Å²) in [7, 11) is 1.42. The van der Waals surface area contributed by atoms with Crippen LogP contribution in [-0.4, -0.2) is 60.6 Å². The summed E-state index contributed by atoms with van der Waals surface area (Å²) in [5.74, 6) is -2.01. The second kappa shape index (κ2) is 6.77. The minimum Gasteiger partial charge on any atom is -0.504 e. The van der Waals surface area contributed by atoms with Crippen LogP contribution in [0.25, 0.3) is 6.08 Å². The standard InChI is InChI=1S/C19H20O9/c1-19(2)27-16-14-13(26-18(16)28-19)15(17(22)25-14)24-12(21)7-5-9-4-6-10(20)11(8-9)23-3/h4-8,13-16,18,20H,1-3H3/b7-5+. The molecule has 0 aliphatic carbocycles. The van der Waals surface area contributed by atoms with Crippen molar-refractivity contribution in [2.24, 2.45) is 0 Å². The molecule has 0 radical (unpaired) electrons. The van der Waals surface area contributed by atoms with Crippen molar-refractivity contribution < 1.29 is 43.1 Å². The number of phenols is 1. The predicted molar refractivity (Wildman–Crippen MR) is 92.2 cm³/mol. The first kappa shape index (κ1) is 18.7. The smallest absolute Gasteiger partial charge is 0.350 e. The maximum atomic E-state index is 12.2. The molecular weight excluding hydrogens is 372 g/mol. The third-order valence-electron chi connectivity index (χ3n) is 4.67. The lowest BCUT2D eigenvalue weighted by molar-refractivity contribution is -0.216. The van der Waals surface area contributed by atoms with E-state index in [1.807, 2.05) is 0 Å². The maximum absolute atomic E-state index is 12.2. The van der Waals surface area contributed by atoms with E-state index in [0.717, 1.165) is 6.08 Å². The van der Waals surface area contributed by atoms with Crippen LogP contribution in [0.2, 0.25) is 0 Å². The first-order valence-corrected chi connectivity index (χ1v) is 8.75. The fourth-order valence-corrected chi connectivity index (χ4v) is 3.46. The Morgan fingerprint density at radius 1 is 1.21 bits per heavy atom. The van der Waals surface area contributed by atoms with Gasteiger partial charge in [-0.25, -0.2) is 9.59 Å². The first-order chi connectivity index (χ1) is 13.3. The number of carbonyl (C=O) groups excluding carboxylic acids is 2. The average Bonchev–Trinajstić information content (AvgIpc) is 3.21. The lowest BCUT2D eigenvalue weighted by Crippen LogP contribution is -2.37. The number of phenolic OH excluding ortho intramolecular Hbond substituents is 1. The Bertz CT molecular complexity index is 831. The van der Waals surface area contributed by atoms with Gasteiger partial charge in [-0.05, 0) is 37.6 Å². The Morgan fingerprint density at radius 2 is 2.00 bits per heavy atom. The summed E-state index contributed by atoms with van der Waals surface area (Å²) >= 11 is 0. The van der Waals surface area contributed by atoms with E-state index in [1.165, 1.54) is 19.3 Å². The number of ether oxygens (including phenoxy) is 6. The molecule has 0 saturated carbocycles. The molecule has 9 heteroatoms. The topological polar surface area (TPSA) is 110 Å². The molecule has 5 unspecified atom stereocenters. The van der Waals surface area contributed by atoms with Crippen LogP contribution in [0.15, 0.2) is 24.3 Å². The molecule has 3 aliphatic rings. The Hall–Kier alpha value is -2.62. The third-order valence-corrected chi connectivity index (χ3v) is 4.67. The molecule has 0 amide bonds. The molecular formula is C19H20O9. The Morgan fingerprint density at radius 3 is 2.75 bits per heavy atom. The molecule has 9 nitrogen and oxygen atoms in total. The van der Waals surface area contributed by atoms with Crippen LogP contribution in [0.3, 0.4) is 0 Å². The average molecular weight is 392 g/mol. The van der Waals surface area contributed by atoms with Crippen LogP contribution >= 0.6 is 0 Å². The van der Waals surface area contributed by atoms with Gasteiger partial charge in [0.15, 0.2) is 35.8 Å². The fourth-order valence-electron chi connectivity index (χ4n) is 3.46. The number of esters is 2. The van der Waals surface area contributed by atoms with Crippen molar-refractivity contribution in [1.82, 2.24) is 0 Å². The normalized spacial score (nSPS) is 32.8. The van der Waals surface area contributed by atoms with Crippen LogP contribution in [0.4, 0.5) is 0 Å². The Labute approximate surface area is 160 Å². The van der Waals surface area contributed by atoms with Gasteiger partial charge >= 0.3 is 11.9 Å². The van der Waals surface area contributed by atoms with Gasteiger partial charge < -0.3 is 33.5 Å². The number of aromatic hydroxyl groups is 1. The lowest BCUT2D eigenvalue weighted by Gasteiger charge is -2.21. The van der Waals surface area contributed by atoms with E-state index in [9.17, 15) is 14.7 Å². The molecule has 28 heavy (non-hydrogen) atoms. The summed E-state index contributed by atoms with van der Waals surface area (Å²) < 4.78 is 32.6. The van der Waals surface area contributed by atoms with Gasteiger partial charge in [0.05, 0.1) is 7.11 Å². The van der Waals surface area contributed by atoms with Gasteiger partial charge in [0.25, 0.3) is 0 Å². The summed E-state index contributed by atoms with van der Waals surface area (Å²) in [6, 6.07) is 4.59. The third kappa shape index (κ3) is 3.32. The van der Waals surface area contributed by atoms with Crippen LogP contribution in [0.5, 0.6) is 11.5 Å². The molecule has 5 atom stereocenters. The van der Waals surface area contributed by atoms with Crippen molar-refractivity contribution in [3.8, 4) is 11.5 Å². The number of rotatable bonds is 4. The molecule has 1 N–H and O–H groups in total. The van der Waals surface area contributed by atoms with Crippen LogP contribution in [0.1, 0.15) is 19.4 Å². The van der Waals surface area contributed by atoms with Crippen LogP contribution < -0.4 is 4.74 Å². The maximum Gasteiger partial charge on any atom is 0.350 e. The summed E-state index contributed by atoms with van der Waals surface area (Å²) in [6.45, 7) is 3.47. The summed E-state index contributed by atoms with van der Waals surface area (Å²) in [4.78, 5) is 24.3. The second-order valence-corrected chi connectivity index (χ2v) is 7.09. The van der Waals surface area contributed by atoms with Crippen molar-refractivity contribution in [2.45, 2.75) is 50.3 Å². The minimum atomic E-state index is -1.20. The van der Waals surface area contributed by atoms with Crippen molar-refractivity contribution in [1.29, 1.82) is 0 Å². The SMILES string of the molecule is COc1cc(/C=C/C(=O)OC2C(=O)OC3C4OC(C)(C)OC4OC23)ccc1O. The number of benzene rings is 1. The quantitative estimate of drug-likeness (QED) is 0.595. The highest BCUT2D eigenvalue weighted by Gasteiger charge is 2.64. The summed E-state index contributed by atoms with van der Waals surface area (Å²) in [6.07, 6.45) is -1.28. The zero-order chi connectivity index (χ0) is 20.1. The zero-order valence-corrected chi connectivity index (χ0v) is 15.5. The molecule has 1 aromatic rings. The molecule has 0 spiro atoms. The van der Waals surface area contributed by atoms with Gasteiger partial charge in [0, 0.05) is 6.08 Å². The van der Waals surface area contributed by atoms with Gasteiger partial charge in [-0.3, -0.25) is 0 Å². The van der Waals surface area contributed by atoms with Gasteiger partial charge in [0.2, 0.25) is 6.10 Å². The Balaban J connectivity index is 1.41. The molecule has 0 aromatic heterocycles. The molecule has 3 heterocycles. The number of hydrogen-bond acceptors (Lipinski definition) is 9. The van der Waals surface area contributed by atoms with Crippen LogP contribution in [0, 0.1) is 0 Å². The first-order valence-electron chi connectivity index (χ1n) is 8.75. The fraction of sp³-hybridized carbons (Fsp3) is 0.474. The molecule has 3 fully saturated rings. The van der Waals surface area contributed by atoms with Crippen molar-refractivity contribution in [3.05, 3.63) is 29.8 Å². The van der Waals surface area contributed by atoms with E-state index < -0.39 is 48.4 Å². The Kier molecular flexibility index (Phi) is 4.53. The van der Waals surface area contributed by atoms with E-state index in [-0.39, 0.29) is 11.5 Å². The van der Waals surface area contributed by atoms with E-state index >= 15 is 0 Å². The monoisotopic (exact) mass is 392 g/mol. The molecule has 4 rings (SSSR count). The number of fused-ring (bicyclic) bond motifs is 3. The van der Waals surface area contributed by atoms with Crippen molar-refractivity contribution in [3.63, 3.8) is 0 Å². The highest BCUT2D eigenvalue weighted by molar-refractivity contribution is 5.90. The highest BCUT2D eigenvalue weighted by atomic mass is 16.8. The van der Waals surface area contributed by atoms with Crippen LogP contribution in [-0.2, 0) is 33.3 Å². The van der Waals surface area contributed by atoms with Crippen molar-refractivity contribution >= 4 is 18.0 Å². The number of methoxy groups -OCH3 is 1. The largest absolute Gasteiger partial charge is 0.504 e.